The third-order valence-corrected chi connectivity index (χ3v) is 4.37. The first kappa shape index (κ1) is 13.6. The van der Waals surface area contributed by atoms with Crippen LogP contribution >= 0.6 is 12.2 Å². The number of aromatic nitrogens is 2. The second-order valence-electron chi connectivity index (χ2n) is 5.25. The molecule has 20 heavy (non-hydrogen) atoms. The molecule has 0 amide bonds. The van der Waals surface area contributed by atoms with Crippen molar-refractivity contribution in [3.05, 3.63) is 23.0 Å². The third kappa shape index (κ3) is 2.25. The number of nitrogens with zero attached hydrogens (tertiary/aromatic N) is 1. The molecule has 4 nitrogen and oxygen atoms in total. The van der Waals surface area contributed by atoms with Crippen molar-refractivity contribution in [1.29, 1.82) is 0 Å². The average molecular weight is 292 g/mol. The molecule has 1 saturated heterocycles. The maximum Gasteiger partial charge on any atom is 0.178 e. The molecule has 0 saturated carbocycles. The predicted octanol–water partition coefficient (Wildman–Crippen LogP) is 3.70. The van der Waals surface area contributed by atoms with Gasteiger partial charge in [-0.15, -0.1) is 0 Å². The molecule has 1 aliphatic heterocycles. The molecule has 108 valence electrons. The van der Waals surface area contributed by atoms with Crippen LogP contribution in [0.5, 0.6) is 5.75 Å². The van der Waals surface area contributed by atoms with E-state index < -0.39 is 0 Å². The Kier molecular flexibility index (Phi) is 3.81. The summed E-state index contributed by atoms with van der Waals surface area (Å²) in [6.45, 7) is 6.53. The first-order valence-electron chi connectivity index (χ1n) is 7.16. The Labute approximate surface area is 123 Å². The highest BCUT2D eigenvalue weighted by Crippen LogP contribution is 2.32. The summed E-state index contributed by atoms with van der Waals surface area (Å²) in [5.41, 5.74) is 2.10. The number of rotatable bonds is 4. The van der Waals surface area contributed by atoms with Gasteiger partial charge in [0, 0.05) is 18.6 Å². The van der Waals surface area contributed by atoms with Gasteiger partial charge in [-0.1, -0.05) is 6.07 Å². The maximum absolute atomic E-state index is 5.68. The summed E-state index contributed by atoms with van der Waals surface area (Å²) < 4.78 is 14.1. The molecule has 2 heterocycles. The van der Waals surface area contributed by atoms with Gasteiger partial charge in [-0.25, -0.2) is 0 Å². The third-order valence-electron chi connectivity index (χ3n) is 4.07. The monoisotopic (exact) mass is 292 g/mol. The van der Waals surface area contributed by atoms with Gasteiger partial charge in [0.05, 0.1) is 18.7 Å². The summed E-state index contributed by atoms with van der Waals surface area (Å²) in [6, 6.07) is 6.42. The summed E-state index contributed by atoms with van der Waals surface area (Å²) >= 11 is 5.52. The van der Waals surface area contributed by atoms with Gasteiger partial charge in [-0.05, 0) is 44.6 Å². The minimum absolute atomic E-state index is 0.329. The lowest BCUT2D eigenvalue weighted by Gasteiger charge is -2.20. The summed E-state index contributed by atoms with van der Waals surface area (Å²) in [6.07, 6.45) is 1.10. The van der Waals surface area contributed by atoms with Gasteiger partial charge in [0.1, 0.15) is 11.3 Å². The van der Waals surface area contributed by atoms with Crippen molar-refractivity contribution in [2.75, 3.05) is 19.8 Å². The zero-order valence-electron chi connectivity index (χ0n) is 11.9. The van der Waals surface area contributed by atoms with Crippen LogP contribution in [0.2, 0.25) is 0 Å². The molecular formula is C15H20N2O2S. The van der Waals surface area contributed by atoms with Crippen molar-refractivity contribution in [2.45, 2.75) is 26.3 Å². The fourth-order valence-corrected chi connectivity index (χ4v) is 3.31. The minimum atomic E-state index is 0.329. The van der Waals surface area contributed by atoms with Gasteiger partial charge < -0.3 is 19.0 Å². The smallest absolute Gasteiger partial charge is 0.178 e. The van der Waals surface area contributed by atoms with E-state index in [0.717, 1.165) is 41.2 Å². The minimum Gasteiger partial charge on any atom is -0.492 e. The van der Waals surface area contributed by atoms with Gasteiger partial charge in [-0.3, -0.25) is 0 Å². The normalized spacial score (nSPS) is 20.4. The topological polar surface area (TPSA) is 39.2 Å². The molecule has 2 unspecified atom stereocenters. The van der Waals surface area contributed by atoms with Gasteiger partial charge in [-0.2, -0.15) is 0 Å². The van der Waals surface area contributed by atoms with E-state index >= 15 is 0 Å². The van der Waals surface area contributed by atoms with E-state index in [4.69, 9.17) is 21.7 Å². The Morgan fingerprint density at radius 2 is 2.40 bits per heavy atom. The van der Waals surface area contributed by atoms with Crippen LogP contribution < -0.4 is 4.74 Å². The Bertz CT molecular complexity index is 655. The van der Waals surface area contributed by atoms with Crippen molar-refractivity contribution in [1.82, 2.24) is 9.55 Å². The molecule has 1 N–H and O–H groups in total. The molecule has 5 heteroatoms. The van der Waals surface area contributed by atoms with Gasteiger partial charge in [0.25, 0.3) is 0 Å². The zero-order chi connectivity index (χ0) is 14.1. The number of aromatic amines is 1. The lowest BCUT2D eigenvalue weighted by atomic mass is 10.0. The quantitative estimate of drug-likeness (QED) is 0.873. The second-order valence-corrected chi connectivity index (χ2v) is 5.63. The van der Waals surface area contributed by atoms with Gasteiger partial charge >= 0.3 is 0 Å². The highest BCUT2D eigenvalue weighted by molar-refractivity contribution is 7.71. The summed E-state index contributed by atoms with van der Waals surface area (Å²) in [5.74, 6) is 1.39. The molecular weight excluding hydrogens is 272 g/mol. The Hall–Kier alpha value is -1.33. The summed E-state index contributed by atoms with van der Waals surface area (Å²) in [4.78, 5) is 3.30. The largest absolute Gasteiger partial charge is 0.492 e. The van der Waals surface area contributed by atoms with Gasteiger partial charge in [0.2, 0.25) is 0 Å². The van der Waals surface area contributed by atoms with Crippen LogP contribution in [-0.4, -0.2) is 29.4 Å². The Morgan fingerprint density at radius 1 is 1.55 bits per heavy atom. The molecule has 1 aromatic heterocycles. The molecule has 1 aliphatic rings. The zero-order valence-corrected chi connectivity index (χ0v) is 12.7. The lowest BCUT2D eigenvalue weighted by Crippen LogP contribution is -2.16. The van der Waals surface area contributed by atoms with Crippen LogP contribution in [-0.2, 0) is 4.74 Å². The molecule has 1 fully saturated rings. The van der Waals surface area contributed by atoms with E-state index in [0.29, 0.717) is 18.6 Å². The standard InChI is InChI=1S/C15H20N2O2S/c1-3-19-13-6-4-5-12-14(13)16-15(20)17(12)10(2)11-7-8-18-9-11/h4-6,10-11H,3,7-9H2,1-2H3,(H,16,20). The highest BCUT2D eigenvalue weighted by Gasteiger charge is 2.25. The number of hydrogen-bond donors (Lipinski definition) is 1. The van der Waals surface area contributed by atoms with Crippen molar-refractivity contribution in [3.63, 3.8) is 0 Å². The predicted molar refractivity (Wildman–Crippen MR) is 81.9 cm³/mol. The van der Waals surface area contributed by atoms with Crippen molar-refractivity contribution < 1.29 is 9.47 Å². The molecule has 2 aromatic rings. The van der Waals surface area contributed by atoms with Gasteiger partial charge in [0.15, 0.2) is 4.77 Å². The van der Waals surface area contributed by atoms with E-state index in [9.17, 15) is 0 Å². The Morgan fingerprint density at radius 3 is 3.10 bits per heavy atom. The van der Waals surface area contributed by atoms with Crippen LogP contribution in [0.25, 0.3) is 11.0 Å². The average Bonchev–Trinajstić information content (AvgIpc) is 3.06. The van der Waals surface area contributed by atoms with Crippen LogP contribution in [0.4, 0.5) is 0 Å². The molecule has 1 aromatic carbocycles. The van der Waals surface area contributed by atoms with E-state index in [1.54, 1.807) is 0 Å². The molecule has 2 atom stereocenters. The fourth-order valence-electron chi connectivity index (χ4n) is 2.95. The van der Waals surface area contributed by atoms with Crippen molar-refractivity contribution >= 4 is 23.3 Å². The number of H-pyrrole nitrogens is 1. The van der Waals surface area contributed by atoms with Crippen molar-refractivity contribution in [3.8, 4) is 5.75 Å². The van der Waals surface area contributed by atoms with Crippen LogP contribution in [0.15, 0.2) is 18.2 Å². The molecule has 3 rings (SSSR count). The molecule has 0 bridgehead atoms. The number of nitrogens with one attached hydrogen (secondary N) is 1. The van der Waals surface area contributed by atoms with Crippen LogP contribution in [0, 0.1) is 10.7 Å². The molecule has 0 radical (unpaired) electrons. The number of ether oxygens (including phenoxy) is 2. The number of para-hydroxylation sites is 1. The SMILES string of the molecule is CCOc1cccc2c1[nH]c(=S)n2C(C)C1CCOC1. The van der Waals surface area contributed by atoms with E-state index in [2.05, 4.69) is 22.5 Å². The molecule has 0 spiro atoms. The number of hydrogen-bond acceptors (Lipinski definition) is 3. The first-order chi connectivity index (χ1) is 9.72. The van der Waals surface area contributed by atoms with Crippen molar-refractivity contribution in [2.24, 2.45) is 5.92 Å². The number of fused-ring (bicyclic) bond motifs is 1. The fraction of sp³-hybridized carbons (Fsp3) is 0.533. The number of benzene rings is 1. The summed E-state index contributed by atoms with van der Waals surface area (Å²) in [5, 5.41) is 0. The lowest BCUT2D eigenvalue weighted by molar-refractivity contribution is 0.175. The van der Waals surface area contributed by atoms with E-state index in [1.165, 1.54) is 0 Å². The first-order valence-corrected chi connectivity index (χ1v) is 7.57. The number of imidazole rings is 1. The molecule has 0 aliphatic carbocycles. The maximum atomic E-state index is 5.68. The van der Waals surface area contributed by atoms with Crippen LogP contribution in [0.1, 0.15) is 26.3 Å². The van der Waals surface area contributed by atoms with E-state index in [-0.39, 0.29) is 0 Å². The van der Waals surface area contributed by atoms with Crippen LogP contribution in [0.3, 0.4) is 0 Å². The highest BCUT2D eigenvalue weighted by atomic mass is 32.1. The van der Waals surface area contributed by atoms with E-state index in [1.807, 2.05) is 19.1 Å². The second kappa shape index (κ2) is 5.58. The summed E-state index contributed by atoms with van der Waals surface area (Å²) in [7, 11) is 0. The Balaban J connectivity index is 2.08.